The minimum Gasteiger partial charge on any atom is -0.494 e. The highest BCUT2D eigenvalue weighted by atomic mass is 16.5. The van der Waals surface area contributed by atoms with Crippen LogP contribution in [0.5, 0.6) is 5.75 Å². The molecule has 0 saturated heterocycles. The molecule has 0 radical (unpaired) electrons. The minimum absolute atomic E-state index is 0.179. The second-order valence-electron chi connectivity index (χ2n) is 8.41. The van der Waals surface area contributed by atoms with Crippen molar-refractivity contribution >= 4 is 17.8 Å². The van der Waals surface area contributed by atoms with Crippen molar-refractivity contribution in [2.45, 2.75) is 44.9 Å². The van der Waals surface area contributed by atoms with Crippen molar-refractivity contribution < 1.29 is 24.2 Å². The molecule has 0 atom stereocenters. The Labute approximate surface area is 194 Å². The number of carbonyl (C=O) groups is 3. The molecule has 1 aliphatic rings. The molecule has 7 heteroatoms. The summed E-state index contributed by atoms with van der Waals surface area (Å²) in [6.45, 7) is 3.14. The van der Waals surface area contributed by atoms with Gasteiger partial charge in [-0.05, 0) is 86.4 Å². The minimum atomic E-state index is -0.718. The van der Waals surface area contributed by atoms with Gasteiger partial charge in [0.1, 0.15) is 5.75 Å². The first kappa shape index (κ1) is 24.3. The van der Waals surface area contributed by atoms with Gasteiger partial charge in [0.2, 0.25) is 0 Å². The zero-order valence-electron chi connectivity index (χ0n) is 19.0. The molecule has 1 saturated carbocycles. The molecule has 0 spiro atoms. The molecule has 2 aromatic carbocycles. The van der Waals surface area contributed by atoms with Crippen LogP contribution in [-0.2, 0) is 4.79 Å². The van der Waals surface area contributed by atoms with E-state index in [1.54, 1.807) is 24.3 Å². The van der Waals surface area contributed by atoms with Crippen LogP contribution >= 0.6 is 0 Å². The van der Waals surface area contributed by atoms with E-state index in [0.717, 1.165) is 31.4 Å². The van der Waals surface area contributed by atoms with Crippen molar-refractivity contribution in [1.82, 2.24) is 10.6 Å². The van der Waals surface area contributed by atoms with Gasteiger partial charge in [0.05, 0.1) is 6.61 Å². The molecule has 0 aliphatic heterocycles. The van der Waals surface area contributed by atoms with Gasteiger partial charge < -0.3 is 20.5 Å². The molecule has 0 aromatic heterocycles. The molecule has 1 aliphatic carbocycles. The number of hydrogen-bond donors (Lipinski definition) is 3. The summed E-state index contributed by atoms with van der Waals surface area (Å²) in [5.41, 5.74) is 2.32. The van der Waals surface area contributed by atoms with Crippen LogP contribution in [0.1, 0.15) is 71.2 Å². The molecule has 3 rings (SSSR count). The van der Waals surface area contributed by atoms with Crippen molar-refractivity contribution in [3.8, 4) is 5.75 Å². The molecule has 33 heavy (non-hydrogen) atoms. The van der Waals surface area contributed by atoms with Crippen LogP contribution in [0.25, 0.3) is 0 Å². The van der Waals surface area contributed by atoms with Gasteiger partial charge in [-0.2, -0.15) is 0 Å². The molecule has 0 heterocycles. The summed E-state index contributed by atoms with van der Waals surface area (Å²) < 4.78 is 5.37. The van der Waals surface area contributed by atoms with Crippen molar-refractivity contribution in [3.05, 3.63) is 65.2 Å². The third kappa shape index (κ3) is 7.34. The molecule has 2 aromatic rings. The van der Waals surface area contributed by atoms with E-state index in [1.807, 2.05) is 31.2 Å². The van der Waals surface area contributed by atoms with Crippen LogP contribution in [0, 0.1) is 5.92 Å². The van der Waals surface area contributed by atoms with Gasteiger partial charge >= 0.3 is 5.97 Å². The summed E-state index contributed by atoms with van der Waals surface area (Å²) in [5.74, 6) is 0.322. The second-order valence-corrected chi connectivity index (χ2v) is 8.41. The summed E-state index contributed by atoms with van der Waals surface area (Å²) in [4.78, 5) is 35.5. The average molecular weight is 453 g/mol. The number of hydrogen-bond acceptors (Lipinski definition) is 4. The highest BCUT2D eigenvalue weighted by Gasteiger charge is 2.24. The topological polar surface area (TPSA) is 105 Å². The first-order valence-corrected chi connectivity index (χ1v) is 11.6. The lowest BCUT2D eigenvalue weighted by Gasteiger charge is -2.28. The summed E-state index contributed by atoms with van der Waals surface area (Å²) in [5, 5.41) is 14.6. The van der Waals surface area contributed by atoms with E-state index >= 15 is 0 Å². The highest BCUT2D eigenvalue weighted by Crippen LogP contribution is 2.37. The first-order chi connectivity index (χ1) is 16.0. The summed E-state index contributed by atoms with van der Waals surface area (Å²) >= 11 is 0. The normalized spacial score (nSPS) is 17.7. The largest absolute Gasteiger partial charge is 0.494 e. The Kier molecular flexibility index (Phi) is 8.87. The monoisotopic (exact) mass is 452 g/mol. The fraction of sp³-hybridized carbons (Fsp3) is 0.423. The number of benzene rings is 2. The second kappa shape index (κ2) is 12.0. The van der Waals surface area contributed by atoms with E-state index < -0.39 is 5.97 Å². The number of carbonyl (C=O) groups excluding carboxylic acids is 2. The molecule has 1 fully saturated rings. The van der Waals surface area contributed by atoms with Crippen LogP contribution in [0.4, 0.5) is 0 Å². The van der Waals surface area contributed by atoms with Crippen LogP contribution in [0.2, 0.25) is 0 Å². The van der Waals surface area contributed by atoms with E-state index in [9.17, 15) is 14.4 Å². The Morgan fingerprint density at radius 2 is 1.36 bits per heavy atom. The van der Waals surface area contributed by atoms with Gasteiger partial charge in [0.15, 0.2) is 0 Å². The van der Waals surface area contributed by atoms with Crippen LogP contribution in [-0.4, -0.2) is 42.6 Å². The number of rotatable bonds is 10. The standard InChI is InChI=1S/C26H32N2O5/c1-2-33-23-13-11-22(12-14-23)26(32)28-16-15-27-25(31)21-9-7-20(8-10-21)19-5-3-18(4-6-19)17-24(29)30/h7-14,18-19H,2-6,15-17H2,1H3,(H,27,31)(H,28,32)(H,29,30)/t18-,19-. The Bertz CT molecular complexity index is 932. The van der Waals surface area contributed by atoms with Crippen LogP contribution < -0.4 is 15.4 Å². The van der Waals surface area contributed by atoms with Gasteiger partial charge in [-0.1, -0.05) is 12.1 Å². The van der Waals surface area contributed by atoms with E-state index in [4.69, 9.17) is 9.84 Å². The molecule has 176 valence electrons. The predicted octanol–water partition coefficient (Wildman–Crippen LogP) is 3.99. The average Bonchev–Trinajstić information content (AvgIpc) is 2.82. The Morgan fingerprint density at radius 1 is 0.848 bits per heavy atom. The van der Waals surface area contributed by atoms with Crippen molar-refractivity contribution in [2.24, 2.45) is 5.92 Å². The smallest absolute Gasteiger partial charge is 0.303 e. The quantitative estimate of drug-likeness (QED) is 0.473. The zero-order valence-corrected chi connectivity index (χ0v) is 19.0. The third-order valence-corrected chi connectivity index (χ3v) is 6.08. The van der Waals surface area contributed by atoms with Gasteiger partial charge in [-0.15, -0.1) is 0 Å². The predicted molar refractivity (Wildman–Crippen MR) is 126 cm³/mol. The van der Waals surface area contributed by atoms with E-state index in [-0.39, 0.29) is 24.2 Å². The Hall–Kier alpha value is -3.35. The van der Waals surface area contributed by atoms with Gasteiger partial charge in [0.25, 0.3) is 11.8 Å². The summed E-state index contributed by atoms with van der Waals surface area (Å²) in [6, 6.07) is 14.6. The summed E-state index contributed by atoms with van der Waals surface area (Å²) in [7, 11) is 0. The molecule has 7 nitrogen and oxygen atoms in total. The lowest BCUT2D eigenvalue weighted by atomic mass is 9.77. The number of nitrogens with one attached hydrogen (secondary N) is 2. The first-order valence-electron chi connectivity index (χ1n) is 11.6. The maximum atomic E-state index is 12.4. The lowest BCUT2D eigenvalue weighted by Crippen LogP contribution is -2.34. The van der Waals surface area contributed by atoms with Crippen molar-refractivity contribution in [2.75, 3.05) is 19.7 Å². The van der Waals surface area contributed by atoms with Gasteiger partial charge in [-0.3, -0.25) is 14.4 Å². The number of aliphatic carboxylic acids is 1. The Morgan fingerprint density at radius 3 is 1.85 bits per heavy atom. The molecule has 0 unspecified atom stereocenters. The van der Waals surface area contributed by atoms with E-state index in [2.05, 4.69) is 10.6 Å². The van der Waals surface area contributed by atoms with Crippen molar-refractivity contribution in [3.63, 3.8) is 0 Å². The SMILES string of the molecule is CCOc1ccc(C(=O)NCCNC(=O)c2ccc([C@H]3CC[C@H](CC(=O)O)CC3)cc2)cc1. The van der Waals surface area contributed by atoms with Gasteiger partial charge in [0, 0.05) is 30.6 Å². The molecule has 2 amide bonds. The van der Waals surface area contributed by atoms with Crippen LogP contribution in [0.15, 0.2) is 48.5 Å². The zero-order chi connectivity index (χ0) is 23.6. The number of carboxylic acid groups (broad SMARTS) is 1. The molecular weight excluding hydrogens is 420 g/mol. The fourth-order valence-corrected chi connectivity index (χ4v) is 4.28. The summed E-state index contributed by atoms with van der Waals surface area (Å²) in [6.07, 6.45) is 4.09. The van der Waals surface area contributed by atoms with Crippen molar-refractivity contribution in [1.29, 1.82) is 0 Å². The molecule has 3 N–H and O–H groups in total. The maximum Gasteiger partial charge on any atom is 0.303 e. The van der Waals surface area contributed by atoms with Crippen LogP contribution in [0.3, 0.4) is 0 Å². The number of carboxylic acids is 1. The number of amides is 2. The van der Waals surface area contributed by atoms with Gasteiger partial charge in [-0.25, -0.2) is 0 Å². The third-order valence-electron chi connectivity index (χ3n) is 6.08. The fourth-order valence-electron chi connectivity index (χ4n) is 4.28. The maximum absolute atomic E-state index is 12.4. The van der Waals surface area contributed by atoms with E-state index in [0.29, 0.717) is 36.7 Å². The lowest BCUT2D eigenvalue weighted by molar-refractivity contribution is -0.138. The Balaban J connectivity index is 1.39. The number of ether oxygens (including phenoxy) is 1. The molecular formula is C26H32N2O5. The molecule has 0 bridgehead atoms. The van der Waals surface area contributed by atoms with E-state index in [1.165, 1.54) is 5.56 Å². The highest BCUT2D eigenvalue weighted by molar-refractivity contribution is 5.95.